The molecule has 100 valence electrons. The van der Waals surface area contributed by atoms with Crippen molar-refractivity contribution in [3.05, 3.63) is 6.07 Å². The van der Waals surface area contributed by atoms with Crippen molar-refractivity contribution in [2.24, 2.45) is 5.92 Å². The van der Waals surface area contributed by atoms with Crippen LogP contribution < -0.4 is 14.8 Å². The molecule has 0 saturated carbocycles. The molecule has 1 N–H and O–H groups in total. The highest BCUT2D eigenvalue weighted by molar-refractivity contribution is 5.33. The van der Waals surface area contributed by atoms with Gasteiger partial charge in [-0.25, -0.2) is 0 Å². The number of nitrogens with one attached hydrogen (secondary N) is 1. The Morgan fingerprint density at radius 2 is 2.06 bits per heavy atom. The van der Waals surface area contributed by atoms with Gasteiger partial charge in [0.2, 0.25) is 17.7 Å². The van der Waals surface area contributed by atoms with Crippen molar-refractivity contribution in [2.45, 2.75) is 12.8 Å². The van der Waals surface area contributed by atoms with Gasteiger partial charge >= 0.3 is 0 Å². The van der Waals surface area contributed by atoms with Gasteiger partial charge in [0.05, 0.1) is 26.9 Å². The largest absolute Gasteiger partial charge is 0.481 e. The van der Waals surface area contributed by atoms with Gasteiger partial charge in [-0.2, -0.15) is 9.97 Å². The molecule has 1 aliphatic rings. The minimum Gasteiger partial charge on any atom is -0.481 e. The van der Waals surface area contributed by atoms with E-state index in [1.807, 2.05) is 0 Å². The van der Waals surface area contributed by atoms with E-state index >= 15 is 0 Å². The SMILES string of the molecule is COc1cc(OC)nc(NCC2CCCOC2)n1. The molecule has 6 nitrogen and oxygen atoms in total. The highest BCUT2D eigenvalue weighted by atomic mass is 16.5. The number of hydrogen-bond acceptors (Lipinski definition) is 6. The average molecular weight is 253 g/mol. The summed E-state index contributed by atoms with van der Waals surface area (Å²) in [6.45, 7) is 2.48. The second kappa shape index (κ2) is 6.39. The minimum atomic E-state index is 0.490. The number of anilines is 1. The van der Waals surface area contributed by atoms with Gasteiger partial charge in [-0.1, -0.05) is 0 Å². The summed E-state index contributed by atoms with van der Waals surface area (Å²) in [6, 6.07) is 1.65. The van der Waals surface area contributed by atoms with Crippen LogP contribution in [0.4, 0.5) is 5.95 Å². The predicted octanol–water partition coefficient (Wildman–Crippen LogP) is 1.33. The molecule has 0 radical (unpaired) electrons. The van der Waals surface area contributed by atoms with Crippen molar-refractivity contribution in [2.75, 3.05) is 39.3 Å². The zero-order valence-corrected chi connectivity index (χ0v) is 10.8. The maximum Gasteiger partial charge on any atom is 0.229 e. The smallest absolute Gasteiger partial charge is 0.229 e. The average Bonchev–Trinajstić information content (AvgIpc) is 2.45. The second-order valence-corrected chi connectivity index (χ2v) is 4.24. The summed E-state index contributed by atoms with van der Waals surface area (Å²) < 4.78 is 15.6. The van der Waals surface area contributed by atoms with E-state index in [1.165, 1.54) is 6.42 Å². The van der Waals surface area contributed by atoms with E-state index in [4.69, 9.17) is 14.2 Å². The number of nitrogens with zero attached hydrogens (tertiary/aromatic N) is 2. The molecule has 1 unspecified atom stereocenters. The fourth-order valence-electron chi connectivity index (χ4n) is 1.90. The maximum atomic E-state index is 5.43. The van der Waals surface area contributed by atoms with Gasteiger partial charge in [0, 0.05) is 13.2 Å². The highest BCUT2D eigenvalue weighted by Crippen LogP contribution is 2.18. The Kier molecular flexibility index (Phi) is 4.58. The lowest BCUT2D eigenvalue weighted by molar-refractivity contribution is 0.0594. The van der Waals surface area contributed by atoms with E-state index in [-0.39, 0.29) is 0 Å². The van der Waals surface area contributed by atoms with Gasteiger partial charge in [-0.15, -0.1) is 0 Å². The molecule has 1 atom stereocenters. The van der Waals surface area contributed by atoms with Crippen molar-refractivity contribution in [1.82, 2.24) is 9.97 Å². The van der Waals surface area contributed by atoms with E-state index in [1.54, 1.807) is 20.3 Å². The molecule has 1 aliphatic heterocycles. The summed E-state index contributed by atoms with van der Waals surface area (Å²) in [7, 11) is 3.14. The van der Waals surface area contributed by atoms with Gasteiger partial charge in [0.15, 0.2) is 0 Å². The van der Waals surface area contributed by atoms with Crippen LogP contribution >= 0.6 is 0 Å². The van der Waals surface area contributed by atoms with Crippen molar-refractivity contribution < 1.29 is 14.2 Å². The van der Waals surface area contributed by atoms with Crippen LogP contribution in [0.25, 0.3) is 0 Å². The topological polar surface area (TPSA) is 65.5 Å². The summed E-state index contributed by atoms with van der Waals surface area (Å²) in [5.74, 6) is 2.02. The van der Waals surface area contributed by atoms with Crippen LogP contribution in [0.15, 0.2) is 6.07 Å². The van der Waals surface area contributed by atoms with Crippen LogP contribution in [0.2, 0.25) is 0 Å². The molecule has 1 saturated heterocycles. The van der Waals surface area contributed by atoms with E-state index < -0.39 is 0 Å². The third-order valence-electron chi connectivity index (χ3n) is 2.90. The van der Waals surface area contributed by atoms with Gasteiger partial charge in [0.25, 0.3) is 0 Å². The monoisotopic (exact) mass is 253 g/mol. The van der Waals surface area contributed by atoms with E-state index in [0.29, 0.717) is 23.6 Å². The molecular weight excluding hydrogens is 234 g/mol. The van der Waals surface area contributed by atoms with Crippen LogP contribution in [0.1, 0.15) is 12.8 Å². The zero-order chi connectivity index (χ0) is 12.8. The molecule has 2 rings (SSSR count). The predicted molar refractivity (Wildman–Crippen MR) is 67.2 cm³/mol. The van der Waals surface area contributed by atoms with Crippen LogP contribution in [0, 0.1) is 5.92 Å². The van der Waals surface area contributed by atoms with E-state index in [2.05, 4.69) is 15.3 Å². The normalized spacial score (nSPS) is 19.3. The Labute approximate surface area is 107 Å². The summed E-state index contributed by atoms with van der Waals surface area (Å²) in [5.41, 5.74) is 0. The maximum absolute atomic E-state index is 5.43. The Morgan fingerprint density at radius 3 is 2.61 bits per heavy atom. The Bertz CT molecular complexity index is 359. The van der Waals surface area contributed by atoms with Crippen LogP contribution in [-0.4, -0.2) is 43.9 Å². The van der Waals surface area contributed by atoms with Crippen molar-refractivity contribution in [1.29, 1.82) is 0 Å². The van der Waals surface area contributed by atoms with Gasteiger partial charge < -0.3 is 19.5 Å². The Hall–Kier alpha value is -1.56. The van der Waals surface area contributed by atoms with Crippen molar-refractivity contribution in [3.8, 4) is 11.8 Å². The molecule has 0 spiro atoms. The first-order valence-electron chi connectivity index (χ1n) is 6.10. The lowest BCUT2D eigenvalue weighted by atomic mass is 10.0. The standard InChI is InChI=1S/C12H19N3O3/c1-16-10-6-11(17-2)15-12(14-10)13-7-9-4-3-5-18-8-9/h6,9H,3-5,7-8H2,1-2H3,(H,13,14,15). The molecule has 0 amide bonds. The number of rotatable bonds is 5. The van der Waals surface area contributed by atoms with Gasteiger partial charge in [-0.05, 0) is 18.8 Å². The highest BCUT2D eigenvalue weighted by Gasteiger charge is 2.14. The summed E-state index contributed by atoms with van der Waals surface area (Å²) in [5, 5.41) is 3.20. The third-order valence-corrected chi connectivity index (χ3v) is 2.90. The van der Waals surface area contributed by atoms with Crippen LogP contribution in [0.5, 0.6) is 11.8 Å². The molecular formula is C12H19N3O3. The first-order valence-corrected chi connectivity index (χ1v) is 6.10. The van der Waals surface area contributed by atoms with Crippen molar-refractivity contribution in [3.63, 3.8) is 0 Å². The second-order valence-electron chi connectivity index (χ2n) is 4.24. The van der Waals surface area contributed by atoms with Crippen LogP contribution in [0.3, 0.4) is 0 Å². The molecule has 1 aromatic heterocycles. The summed E-state index contributed by atoms with van der Waals surface area (Å²) in [4.78, 5) is 8.44. The van der Waals surface area contributed by atoms with E-state index in [0.717, 1.165) is 26.2 Å². The molecule has 0 aliphatic carbocycles. The molecule has 0 aromatic carbocycles. The third kappa shape index (κ3) is 3.46. The fourth-order valence-corrected chi connectivity index (χ4v) is 1.90. The first-order chi connectivity index (χ1) is 8.81. The van der Waals surface area contributed by atoms with Crippen LogP contribution in [-0.2, 0) is 4.74 Å². The molecule has 6 heteroatoms. The molecule has 1 fully saturated rings. The summed E-state index contributed by atoms with van der Waals surface area (Å²) in [6.07, 6.45) is 2.29. The van der Waals surface area contributed by atoms with Gasteiger partial charge in [0.1, 0.15) is 0 Å². The zero-order valence-electron chi connectivity index (χ0n) is 10.8. The lowest BCUT2D eigenvalue weighted by Crippen LogP contribution is -2.25. The molecule has 0 bridgehead atoms. The first kappa shape index (κ1) is 12.9. The Morgan fingerprint density at radius 1 is 1.33 bits per heavy atom. The Balaban J connectivity index is 1.94. The fraction of sp³-hybridized carbons (Fsp3) is 0.667. The van der Waals surface area contributed by atoms with Gasteiger partial charge in [-0.3, -0.25) is 0 Å². The van der Waals surface area contributed by atoms with E-state index in [9.17, 15) is 0 Å². The number of hydrogen-bond donors (Lipinski definition) is 1. The minimum absolute atomic E-state index is 0.490. The number of aromatic nitrogens is 2. The summed E-state index contributed by atoms with van der Waals surface area (Å²) >= 11 is 0. The lowest BCUT2D eigenvalue weighted by Gasteiger charge is -2.22. The number of methoxy groups -OCH3 is 2. The molecule has 1 aromatic rings. The number of ether oxygens (including phenoxy) is 3. The van der Waals surface area contributed by atoms with Crippen molar-refractivity contribution >= 4 is 5.95 Å². The molecule has 18 heavy (non-hydrogen) atoms. The molecule has 2 heterocycles. The quantitative estimate of drug-likeness (QED) is 0.854.